The minimum absolute atomic E-state index is 0.203. The number of hydrogen-bond acceptors (Lipinski definition) is 2. The molecule has 22 heavy (non-hydrogen) atoms. The first-order valence-electron chi connectivity index (χ1n) is 7.08. The lowest BCUT2D eigenvalue weighted by atomic mass is 10.1. The van der Waals surface area contributed by atoms with Gasteiger partial charge in [-0.25, -0.2) is 4.39 Å². The standard InChI is InChI=1S/C19H15FN2/c20-19-7-1-4-18(12-19)15-22-11-3-6-17(14-22)9-8-16-5-2-10-21-13-16/h1-7,10,12-14H,11,15H2. The summed E-state index contributed by atoms with van der Waals surface area (Å²) in [7, 11) is 0. The minimum atomic E-state index is -0.203. The number of halogens is 1. The second-order valence-electron chi connectivity index (χ2n) is 5.04. The Morgan fingerprint density at radius 3 is 2.95 bits per heavy atom. The summed E-state index contributed by atoms with van der Waals surface area (Å²) in [6, 6.07) is 10.5. The first-order valence-corrected chi connectivity index (χ1v) is 7.08. The van der Waals surface area contributed by atoms with Gasteiger partial charge in [0.15, 0.2) is 0 Å². The third-order valence-corrected chi connectivity index (χ3v) is 3.25. The van der Waals surface area contributed by atoms with Gasteiger partial charge in [0.2, 0.25) is 0 Å². The van der Waals surface area contributed by atoms with E-state index in [4.69, 9.17) is 0 Å². The largest absolute Gasteiger partial charge is 0.368 e. The first kappa shape index (κ1) is 14.1. The molecule has 0 aliphatic carbocycles. The van der Waals surface area contributed by atoms with Crippen LogP contribution in [0.1, 0.15) is 11.1 Å². The Morgan fingerprint density at radius 2 is 2.14 bits per heavy atom. The number of pyridine rings is 1. The van der Waals surface area contributed by atoms with Crippen LogP contribution in [0.5, 0.6) is 0 Å². The molecule has 0 fully saturated rings. The molecule has 3 rings (SSSR count). The average Bonchev–Trinajstić information content (AvgIpc) is 2.54. The van der Waals surface area contributed by atoms with E-state index < -0.39 is 0 Å². The van der Waals surface area contributed by atoms with Crippen molar-refractivity contribution in [3.63, 3.8) is 0 Å². The van der Waals surface area contributed by atoms with Gasteiger partial charge >= 0.3 is 0 Å². The van der Waals surface area contributed by atoms with Crippen molar-refractivity contribution in [2.75, 3.05) is 6.54 Å². The van der Waals surface area contributed by atoms with E-state index in [1.54, 1.807) is 24.5 Å². The van der Waals surface area contributed by atoms with Crippen LogP contribution in [0.25, 0.3) is 0 Å². The summed E-state index contributed by atoms with van der Waals surface area (Å²) >= 11 is 0. The predicted molar refractivity (Wildman–Crippen MR) is 85.1 cm³/mol. The minimum Gasteiger partial charge on any atom is -0.368 e. The van der Waals surface area contributed by atoms with Gasteiger partial charge in [-0.1, -0.05) is 30.0 Å². The van der Waals surface area contributed by atoms with Gasteiger partial charge in [0, 0.05) is 42.8 Å². The molecule has 1 aromatic heterocycles. The summed E-state index contributed by atoms with van der Waals surface area (Å²) in [6.45, 7) is 1.47. The highest BCUT2D eigenvalue weighted by molar-refractivity contribution is 5.45. The van der Waals surface area contributed by atoms with E-state index in [0.29, 0.717) is 6.54 Å². The Kier molecular flexibility index (Phi) is 4.31. The topological polar surface area (TPSA) is 16.1 Å². The van der Waals surface area contributed by atoms with Gasteiger partial charge < -0.3 is 4.90 Å². The molecule has 1 aliphatic heterocycles. The lowest BCUT2D eigenvalue weighted by Crippen LogP contribution is -2.19. The SMILES string of the molecule is Fc1cccc(CN2C=C(C#Cc3cccnc3)C=CC2)c1. The number of benzene rings is 1. The molecule has 0 N–H and O–H groups in total. The maximum Gasteiger partial charge on any atom is 0.123 e. The van der Waals surface area contributed by atoms with E-state index in [2.05, 4.69) is 27.8 Å². The predicted octanol–water partition coefficient (Wildman–Crippen LogP) is 3.53. The maximum absolute atomic E-state index is 13.2. The Balaban J connectivity index is 1.72. The smallest absolute Gasteiger partial charge is 0.123 e. The fourth-order valence-corrected chi connectivity index (χ4v) is 2.24. The molecule has 0 radical (unpaired) electrons. The highest BCUT2D eigenvalue weighted by atomic mass is 19.1. The van der Waals surface area contributed by atoms with E-state index in [1.165, 1.54) is 6.07 Å². The molecular weight excluding hydrogens is 275 g/mol. The highest BCUT2D eigenvalue weighted by Crippen LogP contribution is 2.12. The zero-order valence-corrected chi connectivity index (χ0v) is 12.0. The van der Waals surface area contributed by atoms with Crippen molar-refractivity contribution in [2.45, 2.75) is 6.54 Å². The van der Waals surface area contributed by atoms with Crippen molar-refractivity contribution in [3.8, 4) is 11.8 Å². The fourth-order valence-electron chi connectivity index (χ4n) is 2.24. The van der Waals surface area contributed by atoms with Crippen molar-refractivity contribution in [3.05, 3.63) is 89.7 Å². The molecule has 0 unspecified atom stereocenters. The summed E-state index contributed by atoms with van der Waals surface area (Å²) in [5.74, 6) is 6.02. The maximum atomic E-state index is 13.2. The second-order valence-corrected chi connectivity index (χ2v) is 5.04. The van der Waals surface area contributed by atoms with Gasteiger partial charge in [0.25, 0.3) is 0 Å². The summed E-state index contributed by atoms with van der Waals surface area (Å²) in [6.07, 6.45) is 9.54. The first-order chi connectivity index (χ1) is 10.8. The molecular formula is C19H15FN2. The van der Waals surface area contributed by atoms with Gasteiger partial charge in [0.05, 0.1) is 0 Å². The van der Waals surface area contributed by atoms with Crippen molar-refractivity contribution in [1.29, 1.82) is 0 Å². The van der Waals surface area contributed by atoms with Gasteiger partial charge in [-0.3, -0.25) is 4.98 Å². The quantitative estimate of drug-likeness (QED) is 0.787. The van der Waals surface area contributed by atoms with Gasteiger partial charge in [0.1, 0.15) is 5.82 Å². The summed E-state index contributed by atoms with van der Waals surface area (Å²) < 4.78 is 13.2. The third kappa shape index (κ3) is 3.83. The van der Waals surface area contributed by atoms with Crippen LogP contribution in [0, 0.1) is 17.7 Å². The van der Waals surface area contributed by atoms with Gasteiger partial charge in [-0.15, -0.1) is 0 Å². The number of aromatic nitrogens is 1. The van der Waals surface area contributed by atoms with Crippen molar-refractivity contribution >= 4 is 0 Å². The molecule has 0 bridgehead atoms. The lowest BCUT2D eigenvalue weighted by Gasteiger charge is -2.21. The van der Waals surface area contributed by atoms with E-state index in [1.807, 2.05) is 30.5 Å². The Labute approximate surface area is 129 Å². The molecule has 1 aliphatic rings. The zero-order valence-electron chi connectivity index (χ0n) is 12.0. The van der Waals surface area contributed by atoms with Crippen LogP contribution in [0.2, 0.25) is 0 Å². The van der Waals surface area contributed by atoms with Crippen LogP contribution in [0.15, 0.2) is 72.7 Å². The normalized spacial score (nSPS) is 13.3. The monoisotopic (exact) mass is 290 g/mol. The molecule has 1 aromatic carbocycles. The highest BCUT2D eigenvalue weighted by Gasteiger charge is 2.05. The summed E-state index contributed by atoms with van der Waals surface area (Å²) in [5.41, 5.74) is 2.77. The third-order valence-electron chi connectivity index (χ3n) is 3.25. The van der Waals surface area contributed by atoms with Crippen LogP contribution in [-0.4, -0.2) is 16.4 Å². The molecule has 108 valence electrons. The van der Waals surface area contributed by atoms with Crippen LogP contribution in [0.4, 0.5) is 4.39 Å². The molecule has 2 nitrogen and oxygen atoms in total. The van der Waals surface area contributed by atoms with Gasteiger partial charge in [-0.05, 0) is 35.9 Å². The molecule has 2 heterocycles. The number of allylic oxidation sites excluding steroid dienone is 2. The number of rotatable bonds is 2. The van der Waals surface area contributed by atoms with E-state index in [0.717, 1.165) is 23.2 Å². The van der Waals surface area contributed by atoms with Crippen LogP contribution in [-0.2, 0) is 6.54 Å². The Hall–Kier alpha value is -2.86. The van der Waals surface area contributed by atoms with E-state index >= 15 is 0 Å². The molecule has 3 heteroatoms. The second kappa shape index (κ2) is 6.73. The Bertz CT molecular complexity index is 767. The number of nitrogens with zero attached hydrogens (tertiary/aromatic N) is 2. The van der Waals surface area contributed by atoms with Crippen molar-refractivity contribution in [1.82, 2.24) is 9.88 Å². The van der Waals surface area contributed by atoms with Crippen LogP contribution < -0.4 is 0 Å². The molecule has 0 spiro atoms. The van der Waals surface area contributed by atoms with E-state index in [9.17, 15) is 4.39 Å². The summed E-state index contributed by atoms with van der Waals surface area (Å²) in [4.78, 5) is 6.15. The van der Waals surface area contributed by atoms with Crippen molar-refractivity contribution in [2.24, 2.45) is 0 Å². The van der Waals surface area contributed by atoms with Gasteiger partial charge in [-0.2, -0.15) is 0 Å². The van der Waals surface area contributed by atoms with Crippen molar-refractivity contribution < 1.29 is 4.39 Å². The molecule has 0 saturated heterocycles. The average molecular weight is 290 g/mol. The Morgan fingerprint density at radius 1 is 1.18 bits per heavy atom. The molecule has 0 atom stereocenters. The fraction of sp³-hybridized carbons (Fsp3) is 0.105. The van der Waals surface area contributed by atoms with Crippen LogP contribution in [0.3, 0.4) is 0 Å². The summed E-state index contributed by atoms with van der Waals surface area (Å²) in [5, 5.41) is 0. The van der Waals surface area contributed by atoms with E-state index in [-0.39, 0.29) is 5.82 Å². The lowest BCUT2D eigenvalue weighted by molar-refractivity contribution is 0.402. The molecule has 2 aromatic rings. The molecule has 0 amide bonds. The molecule has 0 saturated carbocycles. The zero-order chi connectivity index (χ0) is 15.2. The number of hydrogen-bond donors (Lipinski definition) is 0. The van der Waals surface area contributed by atoms with Crippen LogP contribution >= 0.6 is 0 Å².